The first-order valence-electron chi connectivity index (χ1n) is 6.32. The Morgan fingerprint density at radius 1 is 0.850 bits per heavy atom. The molecule has 1 unspecified atom stereocenters. The lowest BCUT2D eigenvalue weighted by Crippen LogP contribution is -2.08. The second-order valence-electron chi connectivity index (χ2n) is 4.61. The lowest BCUT2D eigenvalue weighted by Gasteiger charge is -2.12. The predicted molar refractivity (Wildman–Crippen MR) is 78.8 cm³/mol. The standard InChI is InChI=1S/C16H14BrF3/c17-15(10-11-16(18,19)20)14-8-6-13(7-9-14)12-4-2-1-3-5-12/h1-9,15H,10-11H2. The fourth-order valence-electron chi connectivity index (χ4n) is 1.97. The van der Waals surface area contributed by atoms with Gasteiger partial charge in [-0.1, -0.05) is 70.5 Å². The summed E-state index contributed by atoms with van der Waals surface area (Å²) in [5.74, 6) is 0. The van der Waals surface area contributed by atoms with Crippen molar-refractivity contribution in [3.63, 3.8) is 0 Å². The van der Waals surface area contributed by atoms with Crippen LogP contribution >= 0.6 is 15.9 Å². The van der Waals surface area contributed by atoms with Crippen LogP contribution in [-0.4, -0.2) is 6.18 Å². The predicted octanol–water partition coefficient (Wildman–Crippen LogP) is 6.13. The zero-order valence-corrected chi connectivity index (χ0v) is 12.3. The van der Waals surface area contributed by atoms with E-state index in [4.69, 9.17) is 0 Å². The van der Waals surface area contributed by atoms with Crippen molar-refractivity contribution in [2.24, 2.45) is 0 Å². The van der Waals surface area contributed by atoms with Gasteiger partial charge in [0.2, 0.25) is 0 Å². The Morgan fingerprint density at radius 3 is 1.95 bits per heavy atom. The maximum absolute atomic E-state index is 12.2. The van der Waals surface area contributed by atoms with E-state index < -0.39 is 12.6 Å². The monoisotopic (exact) mass is 342 g/mol. The van der Waals surface area contributed by atoms with Gasteiger partial charge in [-0.05, 0) is 23.1 Å². The quantitative estimate of drug-likeness (QED) is 0.586. The maximum atomic E-state index is 12.2. The zero-order valence-electron chi connectivity index (χ0n) is 10.7. The lowest BCUT2D eigenvalue weighted by molar-refractivity contribution is -0.135. The van der Waals surface area contributed by atoms with E-state index in [1.807, 2.05) is 54.6 Å². The Hall–Kier alpha value is -1.29. The molecule has 0 aromatic heterocycles. The minimum Gasteiger partial charge on any atom is -0.171 e. The van der Waals surface area contributed by atoms with E-state index in [9.17, 15) is 13.2 Å². The van der Waals surface area contributed by atoms with Crippen LogP contribution in [0.15, 0.2) is 54.6 Å². The summed E-state index contributed by atoms with van der Waals surface area (Å²) in [7, 11) is 0. The van der Waals surface area contributed by atoms with Crippen molar-refractivity contribution < 1.29 is 13.2 Å². The Kier molecular flexibility index (Phi) is 4.86. The molecule has 2 rings (SSSR count). The first-order valence-corrected chi connectivity index (χ1v) is 7.23. The molecule has 0 heterocycles. The van der Waals surface area contributed by atoms with Gasteiger partial charge in [0.05, 0.1) is 0 Å². The molecular formula is C16H14BrF3. The maximum Gasteiger partial charge on any atom is 0.389 e. The van der Waals surface area contributed by atoms with Crippen LogP contribution in [-0.2, 0) is 0 Å². The molecule has 0 nitrogen and oxygen atoms in total. The van der Waals surface area contributed by atoms with Crippen LogP contribution in [0.3, 0.4) is 0 Å². The fourth-order valence-corrected chi connectivity index (χ4v) is 2.51. The molecule has 0 spiro atoms. The molecule has 0 aliphatic heterocycles. The Balaban J connectivity index is 2.05. The number of halogens is 4. The molecule has 2 aromatic rings. The van der Waals surface area contributed by atoms with Gasteiger partial charge in [0, 0.05) is 11.2 Å². The number of benzene rings is 2. The van der Waals surface area contributed by atoms with Gasteiger partial charge in [0.15, 0.2) is 0 Å². The third-order valence-electron chi connectivity index (χ3n) is 3.06. The summed E-state index contributed by atoms with van der Waals surface area (Å²) in [6, 6.07) is 17.5. The van der Waals surface area contributed by atoms with Crippen LogP contribution in [0.2, 0.25) is 0 Å². The third kappa shape index (κ3) is 4.37. The second kappa shape index (κ2) is 6.44. The molecule has 0 aliphatic rings. The van der Waals surface area contributed by atoms with Gasteiger partial charge in [0.25, 0.3) is 0 Å². The van der Waals surface area contributed by atoms with E-state index in [0.29, 0.717) is 0 Å². The Bertz CT molecular complexity index is 532. The van der Waals surface area contributed by atoms with E-state index >= 15 is 0 Å². The molecule has 106 valence electrons. The van der Waals surface area contributed by atoms with Crippen molar-refractivity contribution in [1.29, 1.82) is 0 Å². The Labute approximate surface area is 124 Å². The third-order valence-corrected chi connectivity index (χ3v) is 4.05. The highest BCUT2D eigenvalue weighted by Crippen LogP contribution is 2.33. The van der Waals surface area contributed by atoms with Crippen LogP contribution in [0, 0.1) is 0 Å². The summed E-state index contributed by atoms with van der Waals surface area (Å²) in [4.78, 5) is -0.269. The lowest BCUT2D eigenvalue weighted by atomic mass is 10.0. The van der Waals surface area contributed by atoms with Gasteiger partial charge >= 0.3 is 6.18 Å². The molecular weight excluding hydrogens is 329 g/mol. The van der Waals surface area contributed by atoms with Gasteiger partial charge < -0.3 is 0 Å². The van der Waals surface area contributed by atoms with Crippen LogP contribution in [0.1, 0.15) is 23.2 Å². The van der Waals surface area contributed by atoms with Crippen molar-refractivity contribution in [2.45, 2.75) is 23.8 Å². The van der Waals surface area contributed by atoms with Gasteiger partial charge in [-0.15, -0.1) is 0 Å². The second-order valence-corrected chi connectivity index (χ2v) is 5.71. The molecule has 0 saturated carbocycles. The van der Waals surface area contributed by atoms with E-state index in [2.05, 4.69) is 15.9 Å². The van der Waals surface area contributed by atoms with Gasteiger partial charge in [-0.2, -0.15) is 13.2 Å². The molecule has 0 saturated heterocycles. The topological polar surface area (TPSA) is 0 Å². The first-order chi connectivity index (χ1) is 9.46. The minimum absolute atomic E-state index is 0.0498. The molecule has 0 radical (unpaired) electrons. The SMILES string of the molecule is FC(F)(F)CCC(Br)c1ccc(-c2ccccc2)cc1. The number of hydrogen-bond donors (Lipinski definition) is 0. The van der Waals surface area contributed by atoms with E-state index in [0.717, 1.165) is 16.7 Å². The highest BCUT2D eigenvalue weighted by atomic mass is 79.9. The number of hydrogen-bond acceptors (Lipinski definition) is 0. The summed E-state index contributed by atoms with van der Waals surface area (Å²) in [6.07, 6.45) is -4.83. The van der Waals surface area contributed by atoms with Crippen molar-refractivity contribution >= 4 is 15.9 Å². The van der Waals surface area contributed by atoms with Crippen molar-refractivity contribution in [2.75, 3.05) is 0 Å². The highest BCUT2D eigenvalue weighted by molar-refractivity contribution is 9.09. The summed E-state index contributed by atoms with van der Waals surface area (Å²) in [5.41, 5.74) is 3.03. The number of alkyl halides is 4. The molecule has 0 fully saturated rings. The minimum atomic E-state index is -4.10. The average molecular weight is 343 g/mol. The summed E-state index contributed by atoms with van der Waals surface area (Å²) in [5, 5.41) is 0. The zero-order chi connectivity index (χ0) is 14.6. The van der Waals surface area contributed by atoms with Gasteiger partial charge in [0.1, 0.15) is 0 Å². The molecule has 4 heteroatoms. The van der Waals surface area contributed by atoms with E-state index in [-0.39, 0.29) is 11.2 Å². The van der Waals surface area contributed by atoms with Crippen LogP contribution in [0.25, 0.3) is 11.1 Å². The summed E-state index contributed by atoms with van der Waals surface area (Å²) < 4.78 is 36.6. The smallest absolute Gasteiger partial charge is 0.171 e. The summed E-state index contributed by atoms with van der Waals surface area (Å²) in [6.45, 7) is 0. The molecule has 1 atom stereocenters. The first kappa shape index (κ1) is 15.1. The van der Waals surface area contributed by atoms with Crippen LogP contribution in [0.4, 0.5) is 13.2 Å². The van der Waals surface area contributed by atoms with Gasteiger partial charge in [-0.3, -0.25) is 0 Å². The van der Waals surface area contributed by atoms with Crippen molar-refractivity contribution in [3.8, 4) is 11.1 Å². The largest absolute Gasteiger partial charge is 0.389 e. The molecule has 0 aliphatic carbocycles. The number of rotatable bonds is 4. The highest BCUT2D eigenvalue weighted by Gasteiger charge is 2.28. The molecule has 0 bridgehead atoms. The summed E-state index contributed by atoms with van der Waals surface area (Å²) >= 11 is 3.32. The Morgan fingerprint density at radius 2 is 1.40 bits per heavy atom. The molecule has 0 N–H and O–H groups in total. The molecule has 0 amide bonds. The van der Waals surface area contributed by atoms with Crippen LogP contribution < -0.4 is 0 Å². The van der Waals surface area contributed by atoms with Crippen LogP contribution in [0.5, 0.6) is 0 Å². The molecule has 20 heavy (non-hydrogen) atoms. The average Bonchev–Trinajstić information content (AvgIpc) is 2.45. The van der Waals surface area contributed by atoms with E-state index in [1.165, 1.54) is 0 Å². The van der Waals surface area contributed by atoms with Crippen molar-refractivity contribution in [3.05, 3.63) is 60.2 Å². The van der Waals surface area contributed by atoms with Crippen molar-refractivity contribution in [1.82, 2.24) is 0 Å². The van der Waals surface area contributed by atoms with E-state index in [1.54, 1.807) is 0 Å². The van der Waals surface area contributed by atoms with Gasteiger partial charge in [-0.25, -0.2) is 0 Å². The fraction of sp³-hybridized carbons (Fsp3) is 0.250. The molecule has 2 aromatic carbocycles. The normalized spacial score (nSPS) is 13.2.